The molecule has 1 heterocycles. The topological polar surface area (TPSA) is 183 Å². The number of hydrogen-bond donors (Lipinski definition) is 5. The lowest BCUT2D eigenvalue weighted by Crippen LogP contribution is -2.65. The largest absolute Gasteiger partial charge is 0.508 e. The highest BCUT2D eigenvalue weighted by atomic mass is 32.2. The van der Waals surface area contributed by atoms with Gasteiger partial charge in [-0.25, -0.2) is 0 Å². The maximum absolute atomic E-state index is 14.5. The summed E-state index contributed by atoms with van der Waals surface area (Å²) < 4.78 is 11.2. The van der Waals surface area contributed by atoms with Crippen LogP contribution in [0.25, 0.3) is 5.76 Å². The van der Waals surface area contributed by atoms with Crippen molar-refractivity contribution >= 4 is 41.0 Å². The van der Waals surface area contributed by atoms with Crippen LogP contribution in [0, 0.1) is 11.8 Å². The van der Waals surface area contributed by atoms with Gasteiger partial charge in [-0.1, -0.05) is 31.9 Å². The molecule has 0 aromatic heterocycles. The van der Waals surface area contributed by atoms with Gasteiger partial charge < -0.3 is 35.2 Å². The number of esters is 1. The van der Waals surface area contributed by atoms with Gasteiger partial charge >= 0.3 is 5.97 Å². The van der Waals surface area contributed by atoms with E-state index in [1.807, 2.05) is 4.90 Å². The van der Waals surface area contributed by atoms with Gasteiger partial charge in [-0.2, -0.15) is 11.8 Å². The van der Waals surface area contributed by atoms with E-state index in [0.717, 1.165) is 25.7 Å². The van der Waals surface area contributed by atoms with Gasteiger partial charge in [0.15, 0.2) is 11.4 Å². The summed E-state index contributed by atoms with van der Waals surface area (Å²) in [5.74, 6) is -8.08. The fraction of sp³-hybridized carbons (Fsp3) is 0.576. The maximum atomic E-state index is 14.5. The standard InChI is InChI=1S/C33H40N2O10S/c1-2-23(38)45-29-20-14-22(37)26(32(42)34-16-35-10-12-44-13-11-35)30(40)33(20,43)31(41)27-25(29)19(15-46-17-6-3-4-7-17)18-8-5-9-21(36)24(18)28(27)39/h5,8-9,17,19-20,25,29,36,39-40,43H,2-4,6-7,10-16H2,1H3,(H,34,42)/t19-,20+,25+,29+,33+/m0/s1. The predicted molar refractivity (Wildman–Crippen MR) is 167 cm³/mol. The Bertz CT molecular complexity index is 1490. The SMILES string of the molecule is CCC(=O)O[C@H]1[C@H]2C(=C(O)c3c(O)cccc3[C@@H]2CSC2CCCC2)C(=O)[C@]2(O)C(O)=C(C(=O)NCN3CCOCC3)C(=O)C[C@H]12. The number of amides is 1. The minimum Gasteiger partial charge on any atom is -0.508 e. The average Bonchev–Trinajstić information content (AvgIpc) is 3.57. The van der Waals surface area contributed by atoms with E-state index < -0.39 is 76.4 Å². The Morgan fingerprint density at radius 1 is 1.13 bits per heavy atom. The maximum Gasteiger partial charge on any atom is 0.305 e. The predicted octanol–water partition coefficient (Wildman–Crippen LogP) is 2.49. The molecule has 2 saturated carbocycles. The van der Waals surface area contributed by atoms with Crippen LogP contribution in [0.2, 0.25) is 0 Å². The number of carbonyl (C=O) groups excluding carboxylic acids is 4. The molecular formula is C33H40N2O10S. The summed E-state index contributed by atoms with van der Waals surface area (Å²) >= 11 is 1.71. The number of phenols is 1. The van der Waals surface area contributed by atoms with Crippen LogP contribution < -0.4 is 5.32 Å². The zero-order valence-corrected chi connectivity index (χ0v) is 26.5. The molecule has 1 aromatic carbocycles. The number of thioether (sulfide) groups is 1. The number of nitrogens with one attached hydrogen (secondary N) is 1. The van der Waals surface area contributed by atoms with Crippen molar-refractivity contribution in [3.63, 3.8) is 0 Å². The second-order valence-electron chi connectivity index (χ2n) is 12.6. The molecule has 13 heteroatoms. The highest BCUT2D eigenvalue weighted by Gasteiger charge is 2.66. The molecule has 1 aromatic rings. The first-order chi connectivity index (χ1) is 22.1. The summed E-state index contributed by atoms with van der Waals surface area (Å²) in [6, 6.07) is 4.75. The number of carbonyl (C=O) groups is 4. The third-order valence-corrected chi connectivity index (χ3v) is 11.6. The van der Waals surface area contributed by atoms with Crippen LogP contribution in [0.4, 0.5) is 0 Å². The number of benzene rings is 1. The molecular weight excluding hydrogens is 616 g/mol. The lowest BCUT2D eigenvalue weighted by Gasteiger charge is -2.52. The van der Waals surface area contributed by atoms with Crippen molar-refractivity contribution in [1.82, 2.24) is 10.2 Å². The molecule has 0 radical (unpaired) electrons. The molecule has 0 spiro atoms. The first-order valence-corrected chi connectivity index (χ1v) is 17.0. The van der Waals surface area contributed by atoms with Crippen LogP contribution >= 0.6 is 11.8 Å². The van der Waals surface area contributed by atoms with Crippen LogP contribution in [0.15, 0.2) is 35.1 Å². The number of aliphatic hydroxyl groups is 3. The summed E-state index contributed by atoms with van der Waals surface area (Å²) in [6.45, 7) is 3.64. The van der Waals surface area contributed by atoms with Crippen molar-refractivity contribution in [3.05, 3.63) is 46.2 Å². The minimum atomic E-state index is -2.86. The van der Waals surface area contributed by atoms with Gasteiger partial charge in [0, 0.05) is 60.3 Å². The van der Waals surface area contributed by atoms with Gasteiger partial charge in [-0.15, -0.1) is 0 Å². The number of Topliss-reactive ketones (excluding diaryl/α,β-unsaturated/α-hetero) is 2. The zero-order chi connectivity index (χ0) is 32.7. The Balaban J connectivity index is 1.45. The van der Waals surface area contributed by atoms with Gasteiger partial charge in [0.25, 0.3) is 5.91 Å². The number of ether oxygens (including phenoxy) is 2. The average molecular weight is 657 g/mol. The van der Waals surface area contributed by atoms with Gasteiger partial charge in [0.05, 0.1) is 25.4 Å². The number of nitrogens with zero attached hydrogens (tertiary/aromatic N) is 1. The fourth-order valence-corrected chi connectivity index (χ4v) is 9.17. The summed E-state index contributed by atoms with van der Waals surface area (Å²) in [7, 11) is 0. The van der Waals surface area contributed by atoms with Gasteiger partial charge in [-0.3, -0.25) is 24.1 Å². The molecule has 0 bridgehead atoms. The van der Waals surface area contributed by atoms with Crippen molar-refractivity contribution in [2.45, 2.75) is 68.3 Å². The molecule has 1 amide bonds. The summed E-state index contributed by atoms with van der Waals surface area (Å²) in [6.07, 6.45) is 2.35. The van der Waals surface area contributed by atoms with E-state index in [1.54, 1.807) is 30.8 Å². The van der Waals surface area contributed by atoms with E-state index in [4.69, 9.17) is 9.47 Å². The van der Waals surface area contributed by atoms with Crippen LogP contribution in [-0.2, 0) is 28.7 Å². The van der Waals surface area contributed by atoms with Crippen molar-refractivity contribution in [2.75, 3.05) is 38.7 Å². The van der Waals surface area contributed by atoms with Crippen molar-refractivity contribution in [1.29, 1.82) is 0 Å². The number of aromatic hydroxyl groups is 1. The van der Waals surface area contributed by atoms with Crippen molar-refractivity contribution < 1.29 is 49.1 Å². The molecule has 1 saturated heterocycles. The zero-order valence-electron chi connectivity index (χ0n) is 25.7. The van der Waals surface area contributed by atoms with E-state index >= 15 is 0 Å². The third-order valence-electron chi connectivity index (χ3n) is 10.1. The quantitative estimate of drug-likeness (QED) is 0.204. The number of phenolic OH excluding ortho intramolecular Hbond substituents is 1. The molecule has 12 nitrogen and oxygen atoms in total. The second-order valence-corrected chi connectivity index (χ2v) is 14.0. The van der Waals surface area contributed by atoms with Crippen LogP contribution in [0.1, 0.15) is 62.5 Å². The van der Waals surface area contributed by atoms with Gasteiger partial charge in [0.1, 0.15) is 28.9 Å². The minimum absolute atomic E-state index is 0.0283. The number of ketones is 2. The molecule has 5 N–H and O–H groups in total. The molecule has 0 unspecified atom stereocenters. The summed E-state index contributed by atoms with van der Waals surface area (Å²) in [5, 5.41) is 49.2. The third kappa shape index (κ3) is 5.50. The second kappa shape index (κ2) is 13.0. The van der Waals surface area contributed by atoms with Crippen LogP contribution in [0.3, 0.4) is 0 Å². The van der Waals surface area contributed by atoms with E-state index in [0.29, 0.717) is 42.9 Å². The molecule has 46 heavy (non-hydrogen) atoms. The Kier molecular flexibility index (Phi) is 9.21. The lowest BCUT2D eigenvalue weighted by atomic mass is 9.55. The Morgan fingerprint density at radius 3 is 2.54 bits per heavy atom. The van der Waals surface area contributed by atoms with Gasteiger partial charge in [-0.05, 0) is 24.5 Å². The fourth-order valence-electron chi connectivity index (χ4n) is 7.64. The summed E-state index contributed by atoms with van der Waals surface area (Å²) in [5.41, 5.74) is -3.35. The first-order valence-electron chi connectivity index (χ1n) is 16.0. The smallest absolute Gasteiger partial charge is 0.305 e. The summed E-state index contributed by atoms with van der Waals surface area (Å²) in [4.78, 5) is 56.1. The highest BCUT2D eigenvalue weighted by molar-refractivity contribution is 7.99. The number of aliphatic hydroxyl groups excluding tert-OH is 2. The Hall–Kier alpha value is -3.39. The molecule has 1 aliphatic heterocycles. The molecule has 4 aliphatic carbocycles. The molecule has 3 fully saturated rings. The molecule has 5 aliphatic rings. The Labute approximate surface area is 270 Å². The van der Waals surface area contributed by atoms with Crippen molar-refractivity contribution in [2.24, 2.45) is 11.8 Å². The van der Waals surface area contributed by atoms with Crippen LogP contribution in [0.5, 0.6) is 5.75 Å². The van der Waals surface area contributed by atoms with E-state index in [9.17, 15) is 39.6 Å². The number of morpholine rings is 1. The normalized spacial score (nSPS) is 30.1. The van der Waals surface area contributed by atoms with Crippen LogP contribution in [-0.4, -0.2) is 104 Å². The molecule has 6 rings (SSSR count). The Morgan fingerprint density at radius 2 is 1.85 bits per heavy atom. The molecule has 5 atom stereocenters. The van der Waals surface area contributed by atoms with E-state index in [-0.39, 0.29) is 30.0 Å². The molecule has 248 valence electrons. The number of fused-ring (bicyclic) bond motifs is 3. The monoisotopic (exact) mass is 656 g/mol. The number of hydrogen-bond acceptors (Lipinski definition) is 12. The lowest BCUT2D eigenvalue weighted by molar-refractivity contribution is -0.178. The van der Waals surface area contributed by atoms with E-state index in [2.05, 4.69) is 5.32 Å². The van der Waals surface area contributed by atoms with Gasteiger partial charge in [0.2, 0.25) is 5.78 Å². The highest BCUT2D eigenvalue weighted by Crippen LogP contribution is 2.57. The first kappa shape index (κ1) is 32.5. The number of rotatable bonds is 8. The van der Waals surface area contributed by atoms with E-state index in [1.165, 1.54) is 6.07 Å². The van der Waals surface area contributed by atoms with Crippen molar-refractivity contribution in [3.8, 4) is 5.75 Å².